The van der Waals surface area contributed by atoms with E-state index in [0.29, 0.717) is 25.6 Å². The van der Waals surface area contributed by atoms with E-state index >= 15 is 0 Å². The highest BCUT2D eigenvalue weighted by atomic mass is 16.5. The second-order valence-electron chi connectivity index (χ2n) is 9.69. The molecule has 1 fully saturated rings. The first-order valence-electron chi connectivity index (χ1n) is 12.3. The standard InChI is InChI=1S/C28H36N4O2/c1-21(2)20-34-27-10-8-22(9-11-27)17-30-28(33)32(26-12-14-31(3)15-13-26)19-25-16-23-6-4-5-7-24(23)18-29-25/h4-11,16,18,21,26H,12-15,17,19-20H2,1-3H3,(H,30,33). The van der Waals surface area contributed by atoms with Crippen molar-refractivity contribution in [2.24, 2.45) is 5.92 Å². The predicted octanol–water partition coefficient (Wildman–Crippen LogP) is 5.08. The van der Waals surface area contributed by atoms with Crippen LogP contribution in [0.4, 0.5) is 4.79 Å². The number of piperidine rings is 1. The van der Waals surface area contributed by atoms with E-state index in [-0.39, 0.29) is 12.1 Å². The molecule has 0 radical (unpaired) electrons. The number of hydrogen-bond donors (Lipinski definition) is 1. The van der Waals surface area contributed by atoms with E-state index in [0.717, 1.165) is 53.7 Å². The van der Waals surface area contributed by atoms with Crippen LogP contribution < -0.4 is 10.1 Å². The zero-order valence-corrected chi connectivity index (χ0v) is 20.5. The fourth-order valence-electron chi connectivity index (χ4n) is 4.31. The van der Waals surface area contributed by atoms with Gasteiger partial charge in [-0.1, -0.05) is 50.2 Å². The molecule has 2 heterocycles. The fraction of sp³-hybridized carbons (Fsp3) is 0.429. The molecule has 1 N–H and O–H groups in total. The summed E-state index contributed by atoms with van der Waals surface area (Å²) in [6, 6.07) is 18.4. The Kier molecular flexibility index (Phi) is 8.01. The number of rotatable bonds is 8. The van der Waals surface area contributed by atoms with Crippen LogP contribution in [0.25, 0.3) is 10.8 Å². The van der Waals surface area contributed by atoms with Gasteiger partial charge in [0.25, 0.3) is 0 Å². The van der Waals surface area contributed by atoms with E-state index < -0.39 is 0 Å². The van der Waals surface area contributed by atoms with Gasteiger partial charge >= 0.3 is 6.03 Å². The van der Waals surface area contributed by atoms with E-state index in [9.17, 15) is 4.79 Å². The summed E-state index contributed by atoms with van der Waals surface area (Å²) < 4.78 is 5.76. The van der Waals surface area contributed by atoms with Crippen molar-refractivity contribution >= 4 is 16.8 Å². The van der Waals surface area contributed by atoms with E-state index in [1.165, 1.54) is 0 Å². The summed E-state index contributed by atoms with van der Waals surface area (Å²) in [5, 5.41) is 5.40. The van der Waals surface area contributed by atoms with Crippen LogP contribution in [-0.4, -0.2) is 53.6 Å². The second kappa shape index (κ2) is 11.3. The molecule has 6 nitrogen and oxygen atoms in total. The zero-order valence-electron chi connectivity index (χ0n) is 20.5. The molecule has 0 bridgehead atoms. The number of benzene rings is 2. The van der Waals surface area contributed by atoms with Gasteiger partial charge in [0, 0.05) is 24.2 Å². The molecule has 180 valence electrons. The minimum absolute atomic E-state index is 0.0374. The Morgan fingerprint density at radius 3 is 2.53 bits per heavy atom. The number of aromatic nitrogens is 1. The molecule has 1 saturated heterocycles. The third-order valence-corrected chi connectivity index (χ3v) is 6.36. The summed E-state index contributed by atoms with van der Waals surface area (Å²) in [7, 11) is 2.14. The number of ether oxygens (including phenoxy) is 1. The summed E-state index contributed by atoms with van der Waals surface area (Å²) in [5.74, 6) is 1.35. The van der Waals surface area contributed by atoms with Gasteiger partial charge in [0.2, 0.25) is 0 Å². The lowest BCUT2D eigenvalue weighted by Gasteiger charge is -2.37. The Morgan fingerprint density at radius 1 is 1.12 bits per heavy atom. The van der Waals surface area contributed by atoms with Crippen LogP contribution in [0.15, 0.2) is 60.8 Å². The number of amides is 2. The Morgan fingerprint density at radius 2 is 1.82 bits per heavy atom. The minimum Gasteiger partial charge on any atom is -0.493 e. The van der Waals surface area contributed by atoms with Crippen LogP contribution in [0, 0.1) is 5.92 Å². The lowest BCUT2D eigenvalue weighted by Crippen LogP contribution is -2.49. The molecule has 1 aliphatic rings. The van der Waals surface area contributed by atoms with Crippen molar-refractivity contribution in [1.29, 1.82) is 0 Å². The van der Waals surface area contributed by atoms with Gasteiger partial charge in [-0.25, -0.2) is 4.79 Å². The highest BCUT2D eigenvalue weighted by molar-refractivity contribution is 5.82. The summed E-state index contributed by atoms with van der Waals surface area (Å²) >= 11 is 0. The molecule has 0 aliphatic carbocycles. The van der Waals surface area contributed by atoms with Crippen molar-refractivity contribution in [2.45, 2.75) is 45.8 Å². The number of carbonyl (C=O) groups is 1. The third kappa shape index (κ3) is 6.48. The Hall–Kier alpha value is -3.12. The van der Waals surface area contributed by atoms with Crippen LogP contribution in [0.3, 0.4) is 0 Å². The summed E-state index contributed by atoms with van der Waals surface area (Å²) in [4.78, 5) is 22.3. The Bertz CT molecular complexity index is 1080. The normalized spacial score (nSPS) is 14.9. The SMILES string of the molecule is CC(C)COc1ccc(CNC(=O)N(Cc2cc3ccccc3cn2)C2CCN(C)CC2)cc1. The quantitative estimate of drug-likeness (QED) is 0.510. The fourth-order valence-corrected chi connectivity index (χ4v) is 4.31. The highest BCUT2D eigenvalue weighted by Crippen LogP contribution is 2.21. The van der Waals surface area contributed by atoms with Crippen molar-refractivity contribution in [3.05, 3.63) is 72.1 Å². The number of pyridine rings is 1. The molecule has 1 aliphatic heterocycles. The summed E-state index contributed by atoms with van der Waals surface area (Å²) in [6.45, 7) is 7.95. The number of nitrogens with zero attached hydrogens (tertiary/aromatic N) is 3. The maximum absolute atomic E-state index is 13.4. The van der Waals surface area contributed by atoms with E-state index in [1.54, 1.807) is 0 Å². The van der Waals surface area contributed by atoms with Gasteiger partial charge in [0.05, 0.1) is 18.8 Å². The van der Waals surface area contributed by atoms with Gasteiger partial charge in [-0.3, -0.25) is 4.98 Å². The molecule has 1 aromatic heterocycles. The smallest absolute Gasteiger partial charge is 0.318 e. The van der Waals surface area contributed by atoms with Crippen LogP contribution in [0.5, 0.6) is 5.75 Å². The first-order chi connectivity index (χ1) is 16.5. The van der Waals surface area contributed by atoms with Crippen molar-refractivity contribution in [1.82, 2.24) is 20.1 Å². The average Bonchev–Trinajstić information content (AvgIpc) is 2.85. The van der Waals surface area contributed by atoms with Crippen molar-refractivity contribution in [3.8, 4) is 5.75 Å². The molecule has 0 spiro atoms. The zero-order chi connectivity index (χ0) is 23.9. The Labute approximate surface area is 202 Å². The lowest BCUT2D eigenvalue weighted by molar-refractivity contribution is 0.126. The molecule has 4 rings (SSSR count). The molecular weight excluding hydrogens is 424 g/mol. The topological polar surface area (TPSA) is 57.7 Å². The van der Waals surface area contributed by atoms with Gasteiger partial charge in [-0.05, 0) is 68.0 Å². The van der Waals surface area contributed by atoms with Gasteiger partial charge < -0.3 is 19.9 Å². The molecule has 6 heteroatoms. The molecule has 2 amide bonds. The first-order valence-corrected chi connectivity index (χ1v) is 12.3. The molecule has 2 aromatic carbocycles. The van der Waals surface area contributed by atoms with Crippen LogP contribution in [0.1, 0.15) is 37.9 Å². The number of likely N-dealkylation sites (tertiary alicyclic amines) is 1. The average molecular weight is 461 g/mol. The molecule has 0 atom stereocenters. The van der Waals surface area contributed by atoms with Crippen LogP contribution >= 0.6 is 0 Å². The number of fused-ring (bicyclic) bond motifs is 1. The minimum atomic E-state index is -0.0374. The maximum Gasteiger partial charge on any atom is 0.318 e. The largest absolute Gasteiger partial charge is 0.493 e. The van der Waals surface area contributed by atoms with Gasteiger partial charge in [0.15, 0.2) is 0 Å². The third-order valence-electron chi connectivity index (χ3n) is 6.36. The van der Waals surface area contributed by atoms with Crippen molar-refractivity contribution in [2.75, 3.05) is 26.7 Å². The number of nitrogens with one attached hydrogen (secondary N) is 1. The predicted molar refractivity (Wildman–Crippen MR) is 137 cm³/mol. The summed E-state index contributed by atoms with van der Waals surface area (Å²) in [6.07, 6.45) is 3.84. The van der Waals surface area contributed by atoms with Gasteiger partial charge in [-0.2, -0.15) is 0 Å². The van der Waals surface area contributed by atoms with Gasteiger partial charge in [0.1, 0.15) is 5.75 Å². The number of hydrogen-bond acceptors (Lipinski definition) is 4. The van der Waals surface area contributed by atoms with E-state index in [2.05, 4.69) is 54.3 Å². The second-order valence-corrected chi connectivity index (χ2v) is 9.69. The van der Waals surface area contributed by atoms with Crippen LogP contribution in [0.2, 0.25) is 0 Å². The monoisotopic (exact) mass is 460 g/mol. The van der Waals surface area contributed by atoms with Gasteiger partial charge in [-0.15, -0.1) is 0 Å². The van der Waals surface area contributed by atoms with E-state index in [4.69, 9.17) is 4.74 Å². The maximum atomic E-state index is 13.4. The summed E-state index contributed by atoms with van der Waals surface area (Å²) in [5.41, 5.74) is 1.97. The highest BCUT2D eigenvalue weighted by Gasteiger charge is 2.27. The number of urea groups is 1. The van der Waals surface area contributed by atoms with E-state index in [1.807, 2.05) is 47.5 Å². The molecule has 3 aromatic rings. The molecule has 0 unspecified atom stereocenters. The molecular formula is C28H36N4O2. The number of carbonyl (C=O) groups excluding carboxylic acids is 1. The van der Waals surface area contributed by atoms with Crippen LogP contribution in [-0.2, 0) is 13.1 Å². The molecule has 0 saturated carbocycles. The molecule has 34 heavy (non-hydrogen) atoms. The lowest BCUT2D eigenvalue weighted by atomic mass is 10.0. The Balaban J connectivity index is 1.43. The van der Waals surface area contributed by atoms with Crippen molar-refractivity contribution in [3.63, 3.8) is 0 Å². The first kappa shape index (κ1) is 24.0. The van der Waals surface area contributed by atoms with Crippen molar-refractivity contribution < 1.29 is 9.53 Å².